The summed E-state index contributed by atoms with van der Waals surface area (Å²) < 4.78 is 6.08. The van der Waals surface area contributed by atoms with Gasteiger partial charge in [-0.1, -0.05) is 12.1 Å². The van der Waals surface area contributed by atoms with E-state index < -0.39 is 11.9 Å². The third-order valence-electron chi connectivity index (χ3n) is 3.30. The van der Waals surface area contributed by atoms with Crippen molar-refractivity contribution in [3.8, 4) is 0 Å². The lowest BCUT2D eigenvalue weighted by Gasteiger charge is -2.09. The number of hydrogen-bond donors (Lipinski definition) is 3. The van der Waals surface area contributed by atoms with Crippen LogP contribution in [0.25, 0.3) is 0 Å². The number of methoxy groups -OCH3 is 1. The van der Waals surface area contributed by atoms with E-state index >= 15 is 0 Å². The molecule has 0 aliphatic carbocycles. The highest BCUT2D eigenvalue weighted by atomic mass is 32.2. The molecule has 2 aromatic rings. The summed E-state index contributed by atoms with van der Waals surface area (Å²) in [4.78, 5) is 35.7. The van der Waals surface area contributed by atoms with Crippen molar-refractivity contribution in [2.24, 2.45) is 0 Å². The van der Waals surface area contributed by atoms with Crippen molar-refractivity contribution in [1.29, 1.82) is 0 Å². The van der Waals surface area contributed by atoms with Gasteiger partial charge in [-0.05, 0) is 12.1 Å². The van der Waals surface area contributed by atoms with Crippen LogP contribution in [0.3, 0.4) is 0 Å². The van der Waals surface area contributed by atoms with Gasteiger partial charge in [0.05, 0.1) is 17.9 Å². The lowest BCUT2D eigenvalue weighted by atomic mass is 10.2. The molecule has 27 heavy (non-hydrogen) atoms. The molecular weight excluding hydrogens is 372 g/mol. The van der Waals surface area contributed by atoms with E-state index in [1.165, 1.54) is 28.7 Å². The number of benzene rings is 1. The van der Waals surface area contributed by atoms with Crippen LogP contribution in [-0.2, 0) is 20.9 Å². The van der Waals surface area contributed by atoms with Crippen LogP contribution in [0, 0.1) is 0 Å². The molecule has 0 bridgehead atoms. The van der Waals surface area contributed by atoms with Crippen molar-refractivity contribution < 1.29 is 24.2 Å². The quantitative estimate of drug-likeness (QED) is 0.408. The van der Waals surface area contributed by atoms with E-state index in [-0.39, 0.29) is 24.0 Å². The molecule has 1 heterocycles. The van der Waals surface area contributed by atoms with E-state index in [0.29, 0.717) is 23.6 Å². The van der Waals surface area contributed by atoms with E-state index in [1.54, 1.807) is 31.4 Å². The van der Waals surface area contributed by atoms with Gasteiger partial charge < -0.3 is 20.5 Å². The summed E-state index contributed by atoms with van der Waals surface area (Å²) >= 11 is 1.25. The SMILES string of the molecule is COCCNC(=O)CSc1ccccc1C(=O)Nc1ccn(CC(=O)O)n1. The van der Waals surface area contributed by atoms with Crippen LogP contribution in [0.2, 0.25) is 0 Å². The van der Waals surface area contributed by atoms with Crippen LogP contribution in [0.5, 0.6) is 0 Å². The summed E-state index contributed by atoms with van der Waals surface area (Å²) in [5.74, 6) is -1.15. The Morgan fingerprint density at radius 3 is 2.78 bits per heavy atom. The molecule has 0 saturated heterocycles. The zero-order chi connectivity index (χ0) is 19.6. The van der Waals surface area contributed by atoms with Gasteiger partial charge in [-0.25, -0.2) is 0 Å². The number of aliphatic carboxylic acids is 1. The Morgan fingerprint density at radius 1 is 1.26 bits per heavy atom. The van der Waals surface area contributed by atoms with Crippen molar-refractivity contribution in [1.82, 2.24) is 15.1 Å². The highest BCUT2D eigenvalue weighted by Crippen LogP contribution is 2.23. The number of rotatable bonds is 10. The second-order valence-electron chi connectivity index (χ2n) is 5.37. The van der Waals surface area contributed by atoms with Crippen LogP contribution in [0.15, 0.2) is 41.4 Å². The highest BCUT2D eigenvalue weighted by Gasteiger charge is 2.14. The molecule has 0 radical (unpaired) electrons. The van der Waals surface area contributed by atoms with Gasteiger partial charge in [0.15, 0.2) is 5.82 Å². The second kappa shape index (κ2) is 10.3. The first kappa shape index (κ1) is 20.5. The Labute approximate surface area is 160 Å². The minimum absolute atomic E-state index is 0.153. The standard InChI is InChI=1S/C17H20N4O5S/c1-26-9-7-18-15(22)11-27-13-5-3-2-4-12(13)17(25)19-14-6-8-21(20-14)10-16(23)24/h2-6,8H,7,9-11H2,1H3,(H,18,22)(H,23,24)(H,19,20,25). The Bertz CT molecular complexity index is 808. The summed E-state index contributed by atoms with van der Waals surface area (Å²) in [6.45, 7) is 0.571. The minimum atomic E-state index is -1.03. The van der Waals surface area contributed by atoms with E-state index in [4.69, 9.17) is 9.84 Å². The zero-order valence-electron chi connectivity index (χ0n) is 14.7. The molecule has 0 aliphatic heterocycles. The molecule has 1 aromatic carbocycles. The smallest absolute Gasteiger partial charge is 0.325 e. The van der Waals surface area contributed by atoms with Crippen LogP contribution in [0.1, 0.15) is 10.4 Å². The topological polar surface area (TPSA) is 123 Å². The largest absolute Gasteiger partial charge is 0.480 e. The number of carboxylic acids is 1. The number of anilines is 1. The monoisotopic (exact) mass is 392 g/mol. The summed E-state index contributed by atoms with van der Waals surface area (Å²) in [7, 11) is 1.56. The molecule has 2 amide bonds. The normalized spacial score (nSPS) is 10.4. The van der Waals surface area contributed by atoms with Gasteiger partial charge in [-0.3, -0.25) is 19.1 Å². The third kappa shape index (κ3) is 6.76. The fourth-order valence-electron chi connectivity index (χ4n) is 2.11. The van der Waals surface area contributed by atoms with Crippen LogP contribution >= 0.6 is 11.8 Å². The van der Waals surface area contributed by atoms with Gasteiger partial charge in [0.25, 0.3) is 5.91 Å². The predicted octanol–water partition coefficient (Wildman–Crippen LogP) is 1.07. The number of amides is 2. The summed E-state index contributed by atoms with van der Waals surface area (Å²) in [6, 6.07) is 8.42. The van der Waals surface area contributed by atoms with Crippen molar-refractivity contribution in [3.63, 3.8) is 0 Å². The number of carbonyl (C=O) groups excluding carboxylic acids is 2. The summed E-state index contributed by atoms with van der Waals surface area (Å²) in [6.07, 6.45) is 1.47. The van der Waals surface area contributed by atoms with Gasteiger partial charge in [0, 0.05) is 30.8 Å². The number of carbonyl (C=O) groups is 3. The number of carboxylic acid groups (broad SMARTS) is 1. The molecule has 10 heteroatoms. The number of aromatic nitrogens is 2. The lowest BCUT2D eigenvalue weighted by molar-refractivity contribution is -0.137. The first-order valence-corrected chi connectivity index (χ1v) is 9.02. The number of nitrogens with one attached hydrogen (secondary N) is 2. The highest BCUT2D eigenvalue weighted by molar-refractivity contribution is 8.00. The molecule has 0 atom stereocenters. The number of hydrogen-bond acceptors (Lipinski definition) is 6. The van der Waals surface area contributed by atoms with Gasteiger partial charge in [-0.15, -0.1) is 11.8 Å². The zero-order valence-corrected chi connectivity index (χ0v) is 15.5. The van der Waals surface area contributed by atoms with Gasteiger partial charge in [-0.2, -0.15) is 5.10 Å². The summed E-state index contributed by atoms with van der Waals surface area (Å²) in [5, 5.41) is 18.1. The molecule has 0 spiro atoms. The Balaban J connectivity index is 1.97. The van der Waals surface area contributed by atoms with Gasteiger partial charge >= 0.3 is 5.97 Å². The lowest BCUT2D eigenvalue weighted by Crippen LogP contribution is -2.28. The molecule has 3 N–H and O–H groups in total. The molecular formula is C17H20N4O5S. The van der Waals surface area contributed by atoms with Gasteiger partial charge in [0.1, 0.15) is 6.54 Å². The number of nitrogens with zero attached hydrogens (tertiary/aromatic N) is 2. The van der Waals surface area contributed by atoms with E-state index in [9.17, 15) is 14.4 Å². The van der Waals surface area contributed by atoms with Crippen LogP contribution < -0.4 is 10.6 Å². The van der Waals surface area contributed by atoms with Gasteiger partial charge in [0.2, 0.25) is 5.91 Å². The average Bonchev–Trinajstić information content (AvgIpc) is 3.06. The summed E-state index contributed by atoms with van der Waals surface area (Å²) in [5.41, 5.74) is 0.403. The van der Waals surface area contributed by atoms with Crippen molar-refractivity contribution in [2.45, 2.75) is 11.4 Å². The number of ether oxygens (including phenoxy) is 1. The molecule has 144 valence electrons. The second-order valence-corrected chi connectivity index (χ2v) is 6.39. The molecule has 0 unspecified atom stereocenters. The van der Waals surface area contributed by atoms with E-state index in [1.807, 2.05) is 0 Å². The predicted molar refractivity (Wildman–Crippen MR) is 99.9 cm³/mol. The van der Waals surface area contributed by atoms with Crippen molar-refractivity contribution >= 4 is 35.4 Å². The maximum absolute atomic E-state index is 12.5. The molecule has 1 aromatic heterocycles. The molecule has 9 nitrogen and oxygen atoms in total. The Morgan fingerprint density at radius 2 is 2.04 bits per heavy atom. The third-order valence-corrected chi connectivity index (χ3v) is 4.37. The first-order valence-electron chi connectivity index (χ1n) is 8.03. The van der Waals surface area contributed by atoms with E-state index in [0.717, 1.165) is 0 Å². The molecule has 0 saturated carbocycles. The molecule has 0 aliphatic rings. The minimum Gasteiger partial charge on any atom is -0.480 e. The van der Waals surface area contributed by atoms with E-state index in [2.05, 4.69) is 15.7 Å². The van der Waals surface area contributed by atoms with Crippen LogP contribution in [0.4, 0.5) is 5.82 Å². The first-order chi connectivity index (χ1) is 13.0. The maximum Gasteiger partial charge on any atom is 0.325 e. The Hall–Kier alpha value is -2.85. The van der Waals surface area contributed by atoms with Crippen molar-refractivity contribution in [2.75, 3.05) is 31.3 Å². The fraction of sp³-hybridized carbons (Fsp3) is 0.294. The maximum atomic E-state index is 12.5. The van der Waals surface area contributed by atoms with Crippen molar-refractivity contribution in [3.05, 3.63) is 42.1 Å². The average molecular weight is 392 g/mol. The molecule has 0 fully saturated rings. The Kier molecular flexibility index (Phi) is 7.83. The van der Waals surface area contributed by atoms with Crippen LogP contribution in [-0.4, -0.2) is 58.7 Å². The fourth-order valence-corrected chi connectivity index (χ4v) is 2.99. The molecule has 2 rings (SSSR count). The number of thioether (sulfide) groups is 1.